The van der Waals surface area contributed by atoms with Crippen molar-refractivity contribution in [2.24, 2.45) is 5.92 Å². The average molecular weight is 276 g/mol. The summed E-state index contributed by atoms with van der Waals surface area (Å²) < 4.78 is 0. The predicted octanol–water partition coefficient (Wildman–Crippen LogP) is 3.90. The second-order valence-corrected chi connectivity index (χ2v) is 12.2. The smallest absolute Gasteiger partial charge is 0.0775 e. The summed E-state index contributed by atoms with van der Waals surface area (Å²) >= 11 is 0. The molecule has 1 saturated carbocycles. The van der Waals surface area contributed by atoms with E-state index in [9.17, 15) is 0 Å². The summed E-state index contributed by atoms with van der Waals surface area (Å²) in [6, 6.07) is 10.0. The summed E-state index contributed by atoms with van der Waals surface area (Å²) in [6.07, 6.45) is 5.55. The van der Waals surface area contributed by atoms with Crippen LogP contribution in [0.15, 0.2) is 24.3 Å². The van der Waals surface area contributed by atoms with Gasteiger partial charge in [0.1, 0.15) is 0 Å². The van der Waals surface area contributed by atoms with Crippen molar-refractivity contribution in [3.63, 3.8) is 0 Å². The van der Waals surface area contributed by atoms with Crippen LogP contribution in [-0.2, 0) is 6.54 Å². The normalized spacial score (nSPS) is 17.5. The van der Waals surface area contributed by atoms with E-state index < -0.39 is 8.07 Å². The lowest BCUT2D eigenvalue weighted by Crippen LogP contribution is -2.37. The number of rotatable bonds is 7. The predicted molar refractivity (Wildman–Crippen MR) is 87.7 cm³/mol. The fourth-order valence-electron chi connectivity index (χ4n) is 2.54. The standard InChI is InChI=1S/C17H29NSi/c1-5-16(12-14-6-7-14)18-13-15-8-10-17(11-9-15)19(2,3)4/h8-11,14,16,18H,5-7,12-13H2,1-4H3. The monoisotopic (exact) mass is 275 g/mol. The molecular weight excluding hydrogens is 246 g/mol. The highest BCUT2D eigenvalue weighted by Crippen LogP contribution is 2.34. The van der Waals surface area contributed by atoms with E-state index in [2.05, 4.69) is 56.1 Å². The van der Waals surface area contributed by atoms with Crippen LogP contribution in [0.2, 0.25) is 19.6 Å². The lowest BCUT2D eigenvalue weighted by Gasteiger charge is -2.19. The first kappa shape index (κ1) is 14.8. The Hall–Kier alpha value is -0.603. The molecule has 0 aromatic heterocycles. The van der Waals surface area contributed by atoms with Crippen LogP contribution in [0, 0.1) is 5.92 Å². The summed E-state index contributed by atoms with van der Waals surface area (Å²) in [5, 5.41) is 5.28. The first-order chi connectivity index (χ1) is 8.99. The van der Waals surface area contributed by atoms with Crippen molar-refractivity contribution in [2.75, 3.05) is 0 Å². The summed E-state index contributed by atoms with van der Waals surface area (Å²) in [5.74, 6) is 1.02. The van der Waals surface area contributed by atoms with E-state index in [4.69, 9.17) is 0 Å². The molecule has 1 aliphatic rings. The Labute approximate surface area is 119 Å². The molecule has 1 aliphatic carbocycles. The van der Waals surface area contributed by atoms with E-state index in [1.54, 1.807) is 5.19 Å². The molecule has 1 unspecified atom stereocenters. The summed E-state index contributed by atoms with van der Waals surface area (Å²) in [7, 11) is -1.14. The van der Waals surface area contributed by atoms with E-state index in [0.717, 1.165) is 12.5 Å². The van der Waals surface area contributed by atoms with Crippen LogP contribution in [0.1, 0.15) is 38.2 Å². The van der Waals surface area contributed by atoms with Gasteiger partial charge < -0.3 is 5.32 Å². The van der Waals surface area contributed by atoms with Crippen LogP contribution in [0.5, 0.6) is 0 Å². The van der Waals surface area contributed by atoms with Gasteiger partial charge in [-0.2, -0.15) is 0 Å². The Morgan fingerprint density at radius 1 is 1.16 bits per heavy atom. The van der Waals surface area contributed by atoms with Crippen LogP contribution in [0.25, 0.3) is 0 Å². The molecule has 0 spiro atoms. The van der Waals surface area contributed by atoms with Crippen molar-refractivity contribution in [3.05, 3.63) is 29.8 Å². The molecule has 2 heteroatoms. The number of nitrogens with one attached hydrogen (secondary N) is 1. The zero-order chi connectivity index (χ0) is 13.9. The molecule has 0 saturated heterocycles. The minimum absolute atomic E-state index is 0.712. The molecule has 1 fully saturated rings. The van der Waals surface area contributed by atoms with Gasteiger partial charge in [0, 0.05) is 12.6 Å². The van der Waals surface area contributed by atoms with Crippen molar-refractivity contribution in [1.82, 2.24) is 5.32 Å². The molecule has 0 bridgehead atoms. The maximum atomic E-state index is 3.73. The topological polar surface area (TPSA) is 12.0 Å². The molecule has 0 heterocycles. The van der Waals surface area contributed by atoms with Gasteiger partial charge in [-0.3, -0.25) is 0 Å². The van der Waals surface area contributed by atoms with E-state index in [-0.39, 0.29) is 0 Å². The third-order valence-electron chi connectivity index (χ3n) is 4.22. The van der Waals surface area contributed by atoms with Crippen molar-refractivity contribution < 1.29 is 0 Å². The Balaban J connectivity index is 1.84. The molecule has 1 aromatic carbocycles. The molecule has 1 N–H and O–H groups in total. The van der Waals surface area contributed by atoms with Crippen LogP contribution < -0.4 is 10.5 Å². The van der Waals surface area contributed by atoms with Gasteiger partial charge in [-0.05, 0) is 24.3 Å². The SMILES string of the molecule is CCC(CC1CC1)NCc1ccc([Si](C)(C)C)cc1. The summed E-state index contributed by atoms with van der Waals surface area (Å²) in [5.41, 5.74) is 1.43. The molecule has 0 amide bonds. The van der Waals surface area contributed by atoms with Crippen molar-refractivity contribution in [2.45, 2.75) is 64.8 Å². The Morgan fingerprint density at radius 3 is 2.26 bits per heavy atom. The second-order valence-electron chi connectivity index (χ2n) is 7.11. The molecule has 0 aliphatic heterocycles. The largest absolute Gasteiger partial charge is 0.310 e. The number of hydrogen-bond donors (Lipinski definition) is 1. The highest BCUT2D eigenvalue weighted by Gasteiger charge is 2.24. The van der Waals surface area contributed by atoms with E-state index in [0.29, 0.717) is 6.04 Å². The molecule has 19 heavy (non-hydrogen) atoms. The van der Waals surface area contributed by atoms with Gasteiger partial charge >= 0.3 is 0 Å². The van der Waals surface area contributed by atoms with E-state index in [1.165, 1.54) is 31.2 Å². The van der Waals surface area contributed by atoms with Crippen molar-refractivity contribution in [3.8, 4) is 0 Å². The fraction of sp³-hybridized carbons (Fsp3) is 0.647. The van der Waals surface area contributed by atoms with Crippen LogP contribution in [0.4, 0.5) is 0 Å². The third kappa shape index (κ3) is 4.77. The van der Waals surface area contributed by atoms with Gasteiger partial charge in [-0.15, -0.1) is 0 Å². The maximum absolute atomic E-state index is 3.73. The van der Waals surface area contributed by atoms with Crippen molar-refractivity contribution >= 4 is 13.3 Å². The number of hydrogen-bond acceptors (Lipinski definition) is 1. The highest BCUT2D eigenvalue weighted by atomic mass is 28.3. The maximum Gasteiger partial charge on any atom is 0.0775 e. The first-order valence-corrected chi connectivity index (χ1v) is 11.3. The lowest BCUT2D eigenvalue weighted by atomic mass is 10.1. The Morgan fingerprint density at radius 2 is 1.79 bits per heavy atom. The average Bonchev–Trinajstić information content (AvgIpc) is 3.18. The Kier molecular flexibility index (Phi) is 4.85. The molecule has 106 valence electrons. The summed E-state index contributed by atoms with van der Waals surface area (Å²) in [4.78, 5) is 0. The Bertz CT molecular complexity index is 387. The molecular formula is C17H29NSi. The third-order valence-corrected chi connectivity index (χ3v) is 6.29. The molecule has 2 rings (SSSR count). The minimum Gasteiger partial charge on any atom is -0.310 e. The fourth-order valence-corrected chi connectivity index (χ4v) is 3.70. The van der Waals surface area contributed by atoms with Crippen LogP contribution >= 0.6 is 0 Å². The molecule has 1 atom stereocenters. The quantitative estimate of drug-likeness (QED) is 0.744. The molecule has 0 radical (unpaired) electrons. The van der Waals surface area contributed by atoms with Gasteiger partial charge in [0.15, 0.2) is 0 Å². The zero-order valence-corrected chi connectivity index (χ0v) is 14.0. The highest BCUT2D eigenvalue weighted by molar-refractivity contribution is 6.88. The van der Waals surface area contributed by atoms with Crippen LogP contribution in [0.3, 0.4) is 0 Å². The second kappa shape index (κ2) is 6.23. The van der Waals surface area contributed by atoms with Gasteiger partial charge in [0.2, 0.25) is 0 Å². The molecule has 1 nitrogen and oxygen atoms in total. The van der Waals surface area contributed by atoms with Gasteiger partial charge in [0.05, 0.1) is 8.07 Å². The van der Waals surface area contributed by atoms with E-state index >= 15 is 0 Å². The lowest BCUT2D eigenvalue weighted by molar-refractivity contribution is 0.445. The minimum atomic E-state index is -1.14. The number of benzene rings is 1. The van der Waals surface area contributed by atoms with Gasteiger partial charge in [0.25, 0.3) is 0 Å². The van der Waals surface area contributed by atoms with Gasteiger partial charge in [-0.25, -0.2) is 0 Å². The van der Waals surface area contributed by atoms with Gasteiger partial charge in [-0.1, -0.05) is 68.9 Å². The van der Waals surface area contributed by atoms with Crippen molar-refractivity contribution in [1.29, 1.82) is 0 Å². The first-order valence-electron chi connectivity index (χ1n) is 7.82. The van der Waals surface area contributed by atoms with Crippen LogP contribution in [-0.4, -0.2) is 14.1 Å². The zero-order valence-electron chi connectivity index (χ0n) is 13.0. The molecule has 1 aromatic rings. The summed E-state index contributed by atoms with van der Waals surface area (Å²) in [6.45, 7) is 10.5. The van der Waals surface area contributed by atoms with E-state index in [1.807, 2.05) is 0 Å².